The number of imide groups is 2. The van der Waals surface area contributed by atoms with Gasteiger partial charge in [-0.05, 0) is 32.0 Å². The van der Waals surface area contributed by atoms with Crippen molar-refractivity contribution < 1.29 is 19.2 Å². The largest absolute Gasteiger partial charge is 0.329 e. The fourth-order valence-electron chi connectivity index (χ4n) is 2.53. The number of hydrogen-bond donors (Lipinski definition) is 2. The Morgan fingerprint density at radius 1 is 1.21 bits per heavy atom. The summed E-state index contributed by atoms with van der Waals surface area (Å²) < 4.78 is 0. The first kappa shape index (κ1) is 17.6. The average Bonchev–Trinajstić information content (AvgIpc) is 2.75. The van der Waals surface area contributed by atoms with Crippen LogP contribution in [-0.4, -0.2) is 52.7 Å². The Morgan fingerprint density at radius 3 is 2.38 bits per heavy atom. The van der Waals surface area contributed by atoms with Crippen molar-refractivity contribution in [2.24, 2.45) is 5.73 Å². The molecule has 0 aromatic heterocycles. The van der Waals surface area contributed by atoms with Crippen molar-refractivity contribution in [3.05, 3.63) is 29.3 Å². The van der Waals surface area contributed by atoms with Gasteiger partial charge in [-0.1, -0.05) is 0 Å². The summed E-state index contributed by atoms with van der Waals surface area (Å²) in [5, 5.41) is 2.55. The highest BCUT2D eigenvalue weighted by Crippen LogP contribution is 2.27. The fourth-order valence-corrected chi connectivity index (χ4v) is 2.53. The van der Waals surface area contributed by atoms with Crippen molar-refractivity contribution in [1.82, 2.24) is 9.80 Å². The minimum atomic E-state index is -0.634. The second-order valence-corrected chi connectivity index (χ2v) is 5.72. The third-order valence-corrected chi connectivity index (χ3v) is 3.66. The summed E-state index contributed by atoms with van der Waals surface area (Å²) in [5.74, 6) is -1.18. The lowest BCUT2D eigenvalue weighted by atomic mass is 10.1. The second-order valence-electron chi connectivity index (χ2n) is 5.72. The number of rotatable bonds is 4. The Labute approximate surface area is 139 Å². The molecule has 0 fully saturated rings. The van der Waals surface area contributed by atoms with Gasteiger partial charge in [-0.25, -0.2) is 4.79 Å². The van der Waals surface area contributed by atoms with Crippen LogP contribution in [0.1, 0.15) is 41.5 Å². The first-order chi connectivity index (χ1) is 11.3. The summed E-state index contributed by atoms with van der Waals surface area (Å²) in [6, 6.07) is 3.57. The molecule has 0 saturated carbocycles. The Balaban J connectivity index is 2.25. The molecule has 0 radical (unpaired) electrons. The molecule has 24 heavy (non-hydrogen) atoms. The number of fused-ring (bicyclic) bond motifs is 1. The number of nitrogens with two attached hydrogens (primary N) is 1. The molecule has 0 bridgehead atoms. The van der Waals surface area contributed by atoms with Crippen LogP contribution in [0.3, 0.4) is 0 Å². The number of urea groups is 1. The fraction of sp³-hybridized carbons (Fsp3) is 0.375. The number of nitrogens with one attached hydrogen (secondary N) is 1. The van der Waals surface area contributed by atoms with Gasteiger partial charge >= 0.3 is 6.03 Å². The van der Waals surface area contributed by atoms with E-state index in [1.807, 2.05) is 0 Å². The molecule has 128 valence electrons. The number of anilines is 1. The van der Waals surface area contributed by atoms with E-state index in [-0.39, 0.29) is 30.6 Å². The summed E-state index contributed by atoms with van der Waals surface area (Å²) in [5.41, 5.74) is 6.25. The summed E-state index contributed by atoms with van der Waals surface area (Å²) in [6.45, 7) is 5.00. The van der Waals surface area contributed by atoms with Gasteiger partial charge in [0, 0.05) is 31.7 Å². The first-order valence-electron chi connectivity index (χ1n) is 7.59. The van der Waals surface area contributed by atoms with E-state index in [4.69, 9.17) is 5.73 Å². The van der Waals surface area contributed by atoms with Crippen LogP contribution in [0, 0.1) is 0 Å². The molecule has 3 N–H and O–H groups in total. The van der Waals surface area contributed by atoms with Gasteiger partial charge in [-0.3, -0.25) is 24.2 Å². The molecule has 0 unspecified atom stereocenters. The quantitative estimate of drug-likeness (QED) is 0.800. The van der Waals surface area contributed by atoms with Crippen LogP contribution < -0.4 is 11.1 Å². The van der Waals surface area contributed by atoms with Gasteiger partial charge in [0.2, 0.25) is 5.91 Å². The second kappa shape index (κ2) is 6.79. The van der Waals surface area contributed by atoms with Crippen LogP contribution in [-0.2, 0) is 4.79 Å². The molecule has 8 heteroatoms. The van der Waals surface area contributed by atoms with E-state index >= 15 is 0 Å². The summed E-state index contributed by atoms with van der Waals surface area (Å²) in [6.07, 6.45) is 0. The van der Waals surface area contributed by atoms with Crippen molar-refractivity contribution in [1.29, 1.82) is 0 Å². The van der Waals surface area contributed by atoms with Crippen molar-refractivity contribution in [2.45, 2.75) is 26.8 Å². The predicted molar refractivity (Wildman–Crippen MR) is 87.5 cm³/mol. The number of nitrogens with zero attached hydrogens (tertiary/aromatic N) is 2. The summed E-state index contributed by atoms with van der Waals surface area (Å²) in [4.78, 5) is 50.3. The SMILES string of the molecule is CC(=O)N(CCN)C(=O)Nc1ccc2c(c1)C(=O)N(C(C)C)C2=O. The van der Waals surface area contributed by atoms with E-state index < -0.39 is 17.8 Å². The number of carbonyl (C=O) groups excluding carboxylic acids is 4. The molecular weight excluding hydrogens is 312 g/mol. The van der Waals surface area contributed by atoms with E-state index in [1.165, 1.54) is 30.0 Å². The maximum Gasteiger partial charge on any atom is 0.328 e. The van der Waals surface area contributed by atoms with E-state index in [0.29, 0.717) is 11.3 Å². The van der Waals surface area contributed by atoms with E-state index in [1.54, 1.807) is 13.8 Å². The number of hydrogen-bond acceptors (Lipinski definition) is 5. The van der Waals surface area contributed by atoms with Crippen molar-refractivity contribution in [2.75, 3.05) is 18.4 Å². The monoisotopic (exact) mass is 332 g/mol. The molecule has 1 aromatic rings. The van der Waals surface area contributed by atoms with E-state index in [2.05, 4.69) is 5.32 Å². The van der Waals surface area contributed by atoms with Gasteiger partial charge < -0.3 is 11.1 Å². The zero-order valence-corrected chi connectivity index (χ0v) is 13.8. The number of amides is 5. The average molecular weight is 332 g/mol. The molecule has 0 spiro atoms. The Kier molecular flexibility index (Phi) is 4.99. The van der Waals surface area contributed by atoms with Crippen molar-refractivity contribution >= 4 is 29.4 Å². The standard InChI is InChI=1S/C16H20N4O4/c1-9(2)20-14(22)12-5-4-11(8-13(12)15(20)23)18-16(24)19(7-6-17)10(3)21/h4-5,8-9H,6-7,17H2,1-3H3,(H,18,24). The lowest BCUT2D eigenvalue weighted by Crippen LogP contribution is -2.41. The van der Waals surface area contributed by atoms with E-state index in [0.717, 1.165) is 4.90 Å². The van der Waals surface area contributed by atoms with E-state index in [9.17, 15) is 19.2 Å². The molecule has 5 amide bonds. The van der Waals surface area contributed by atoms with Gasteiger partial charge in [0.1, 0.15) is 0 Å². The molecule has 1 heterocycles. The Morgan fingerprint density at radius 2 is 1.83 bits per heavy atom. The molecule has 0 aliphatic carbocycles. The normalized spacial score (nSPS) is 13.3. The molecule has 0 atom stereocenters. The summed E-state index contributed by atoms with van der Waals surface area (Å²) >= 11 is 0. The van der Waals surface area contributed by atoms with Crippen LogP contribution in [0.15, 0.2) is 18.2 Å². The van der Waals surface area contributed by atoms with Gasteiger partial charge in [0.05, 0.1) is 11.1 Å². The van der Waals surface area contributed by atoms with Crippen LogP contribution in [0.25, 0.3) is 0 Å². The Bertz CT molecular complexity index is 714. The molecule has 1 aromatic carbocycles. The minimum Gasteiger partial charge on any atom is -0.329 e. The van der Waals surface area contributed by atoms with Gasteiger partial charge in [-0.15, -0.1) is 0 Å². The number of benzene rings is 1. The van der Waals surface area contributed by atoms with Crippen LogP contribution in [0.4, 0.5) is 10.5 Å². The lowest BCUT2D eigenvalue weighted by molar-refractivity contribution is -0.125. The van der Waals surface area contributed by atoms with Crippen LogP contribution >= 0.6 is 0 Å². The van der Waals surface area contributed by atoms with Gasteiger partial charge in [0.25, 0.3) is 11.8 Å². The predicted octanol–water partition coefficient (Wildman–Crippen LogP) is 1.03. The molecule has 1 aliphatic heterocycles. The maximum absolute atomic E-state index is 12.3. The highest BCUT2D eigenvalue weighted by molar-refractivity contribution is 6.22. The Hall–Kier alpha value is -2.74. The molecule has 2 rings (SSSR count). The van der Waals surface area contributed by atoms with Gasteiger partial charge in [-0.2, -0.15) is 0 Å². The zero-order chi connectivity index (χ0) is 18.0. The molecule has 0 saturated heterocycles. The third-order valence-electron chi connectivity index (χ3n) is 3.66. The lowest BCUT2D eigenvalue weighted by Gasteiger charge is -2.19. The smallest absolute Gasteiger partial charge is 0.328 e. The third kappa shape index (κ3) is 3.13. The van der Waals surface area contributed by atoms with Crippen LogP contribution in [0.5, 0.6) is 0 Å². The number of carbonyl (C=O) groups is 4. The van der Waals surface area contributed by atoms with Crippen molar-refractivity contribution in [3.8, 4) is 0 Å². The molecule has 8 nitrogen and oxygen atoms in total. The minimum absolute atomic E-state index is 0.0879. The zero-order valence-electron chi connectivity index (χ0n) is 13.8. The highest BCUT2D eigenvalue weighted by Gasteiger charge is 2.37. The molecule has 1 aliphatic rings. The van der Waals surface area contributed by atoms with Crippen molar-refractivity contribution in [3.63, 3.8) is 0 Å². The first-order valence-corrected chi connectivity index (χ1v) is 7.59. The summed E-state index contributed by atoms with van der Waals surface area (Å²) in [7, 11) is 0. The highest BCUT2D eigenvalue weighted by atomic mass is 16.2. The van der Waals surface area contributed by atoms with Crippen LogP contribution in [0.2, 0.25) is 0 Å². The topological polar surface area (TPSA) is 113 Å². The molecular formula is C16H20N4O4. The maximum atomic E-state index is 12.3. The van der Waals surface area contributed by atoms with Gasteiger partial charge in [0.15, 0.2) is 0 Å².